The van der Waals surface area contributed by atoms with Crippen molar-refractivity contribution in [2.45, 2.75) is 41.4 Å². The van der Waals surface area contributed by atoms with E-state index in [0.717, 1.165) is 22.3 Å². The Hall–Kier alpha value is -4.98. The molecule has 0 bridgehead atoms. The molecule has 51 heavy (non-hydrogen) atoms. The van der Waals surface area contributed by atoms with Gasteiger partial charge in [0, 0.05) is 40.6 Å². The molecule has 0 saturated carbocycles. The lowest BCUT2D eigenvalue weighted by Crippen LogP contribution is -2.38. The number of ether oxygens (including phenoxy) is 2. The first-order valence-electron chi connectivity index (χ1n) is 16.7. The molecule has 1 fully saturated rings. The van der Waals surface area contributed by atoms with Crippen LogP contribution >= 0.6 is 11.8 Å². The molecule has 3 amide bonds. The Balaban J connectivity index is 1.29. The van der Waals surface area contributed by atoms with E-state index in [0.29, 0.717) is 30.2 Å². The van der Waals surface area contributed by atoms with Crippen LogP contribution in [0.2, 0.25) is 0 Å². The van der Waals surface area contributed by atoms with Crippen molar-refractivity contribution in [3.8, 4) is 23.3 Å². The predicted octanol–water partition coefficient (Wildman–Crippen LogP) is 0.649. The molecule has 1 unspecified atom stereocenters. The van der Waals surface area contributed by atoms with Crippen LogP contribution in [-0.2, 0) is 16.0 Å². The third-order valence-electron chi connectivity index (χ3n) is 7.66. The summed E-state index contributed by atoms with van der Waals surface area (Å²) in [5.41, 5.74) is 8.48. The maximum atomic E-state index is 14.0. The molecule has 256 valence electrons. The summed E-state index contributed by atoms with van der Waals surface area (Å²) in [6, 6.07) is 29.5. The number of amides is 3. The number of rotatable bonds is 12. The first kappa shape index (κ1) is 37.3. The van der Waals surface area contributed by atoms with Crippen LogP contribution in [0.5, 0.6) is 11.5 Å². The normalized spacial score (nSPS) is 16.7. The van der Waals surface area contributed by atoms with Crippen LogP contribution in [-0.4, -0.2) is 77.0 Å². The number of thioether (sulfide) groups is 1. The van der Waals surface area contributed by atoms with Gasteiger partial charge in [-0.05, 0) is 79.1 Å². The molecule has 1 aliphatic heterocycles. The van der Waals surface area contributed by atoms with Gasteiger partial charge in [0.1, 0.15) is 28.9 Å². The van der Waals surface area contributed by atoms with Crippen molar-refractivity contribution < 1.29 is 29.0 Å². The van der Waals surface area contributed by atoms with E-state index in [1.807, 2.05) is 90.3 Å². The zero-order valence-corrected chi connectivity index (χ0v) is 30.3. The fourth-order valence-corrected chi connectivity index (χ4v) is 6.89. The molecule has 0 radical (unpaired) electrons. The number of anilines is 1. The molecule has 9 nitrogen and oxygen atoms in total. The van der Waals surface area contributed by atoms with Crippen molar-refractivity contribution in [1.82, 2.24) is 5.32 Å². The molecule has 1 saturated heterocycles. The molecule has 14 heteroatoms. The van der Waals surface area contributed by atoms with E-state index in [9.17, 15) is 19.5 Å². The van der Waals surface area contributed by atoms with Gasteiger partial charge in [-0.3, -0.25) is 19.3 Å². The zero-order valence-electron chi connectivity index (χ0n) is 29.4. The minimum absolute atomic E-state index is 0.0244. The lowest BCUT2D eigenvalue weighted by Gasteiger charge is -2.27. The quantitative estimate of drug-likeness (QED) is 0.113. The molecule has 0 spiro atoms. The topological polar surface area (TPSA) is 131 Å². The number of benzene rings is 4. The van der Waals surface area contributed by atoms with Crippen LogP contribution in [0.3, 0.4) is 0 Å². The molecular weight excluding hydrogens is 658 g/mol. The van der Waals surface area contributed by atoms with Crippen molar-refractivity contribution in [2.75, 3.05) is 11.4 Å². The van der Waals surface area contributed by atoms with Gasteiger partial charge in [0.2, 0.25) is 17.7 Å². The number of hydrogen-bond donors (Lipinski definition) is 3. The summed E-state index contributed by atoms with van der Waals surface area (Å²) < 4.78 is 11.8. The molecule has 4 aromatic carbocycles. The Morgan fingerprint density at radius 1 is 0.902 bits per heavy atom. The van der Waals surface area contributed by atoms with Crippen LogP contribution in [0.25, 0.3) is 0 Å². The van der Waals surface area contributed by atoms with Gasteiger partial charge in [0.05, 0.1) is 5.25 Å². The van der Waals surface area contributed by atoms with Gasteiger partial charge in [-0.25, -0.2) is 0 Å². The number of aliphatic hydroxyl groups is 1. The summed E-state index contributed by atoms with van der Waals surface area (Å²) in [7, 11) is 7.32. The van der Waals surface area contributed by atoms with Gasteiger partial charge in [0.15, 0.2) is 25.0 Å². The molecule has 0 aromatic heterocycles. The smallest absolute Gasteiger partial charge is 0.248 e. The Morgan fingerprint density at radius 2 is 1.59 bits per heavy atom. The van der Waals surface area contributed by atoms with Gasteiger partial charge in [0.25, 0.3) is 0 Å². The van der Waals surface area contributed by atoms with E-state index in [2.05, 4.69) is 17.2 Å². The molecule has 1 aliphatic rings. The molecule has 3 atom stereocenters. The largest absolute Gasteiger partial charge is 0.510 e. The lowest BCUT2D eigenvalue weighted by atomic mass is 9.52. The molecule has 0 aliphatic carbocycles. The van der Waals surface area contributed by atoms with Crippen LogP contribution in [0, 0.1) is 11.8 Å². The maximum absolute atomic E-state index is 14.0. The first-order chi connectivity index (χ1) is 24.1. The minimum atomic E-state index is -1.39. The second kappa shape index (κ2) is 15.9. The van der Waals surface area contributed by atoms with Crippen LogP contribution in [0.15, 0.2) is 97.1 Å². The highest BCUT2D eigenvalue weighted by atomic mass is 32.2. The van der Waals surface area contributed by atoms with E-state index >= 15 is 0 Å². The third-order valence-corrected chi connectivity index (χ3v) is 9.10. The predicted molar refractivity (Wildman–Crippen MR) is 212 cm³/mol. The minimum Gasteiger partial charge on any atom is -0.510 e. The summed E-state index contributed by atoms with van der Waals surface area (Å²) >= 11 is 1.39. The number of hydrogen-bond acceptors (Lipinski definition) is 7. The molecule has 4 N–H and O–H groups in total. The van der Waals surface area contributed by atoms with Gasteiger partial charge in [-0.2, -0.15) is 0 Å². The van der Waals surface area contributed by atoms with E-state index in [4.69, 9.17) is 15.2 Å². The average molecular weight is 697 g/mol. The third kappa shape index (κ3) is 10.5. The lowest BCUT2D eigenvalue weighted by molar-refractivity contribution is -0.124. The summed E-state index contributed by atoms with van der Waals surface area (Å²) in [5.74, 6) is 6.15. The van der Waals surface area contributed by atoms with Crippen molar-refractivity contribution in [2.24, 2.45) is 5.73 Å². The number of carbonyl (C=O) groups is 3. The van der Waals surface area contributed by atoms with E-state index in [-0.39, 0.29) is 23.8 Å². The fourth-order valence-electron chi connectivity index (χ4n) is 5.43. The number of nitrogens with one attached hydrogen (secondary N) is 1. The second-order valence-corrected chi connectivity index (χ2v) is 15.0. The first-order valence-corrected chi connectivity index (χ1v) is 17.6. The van der Waals surface area contributed by atoms with Gasteiger partial charge >= 0.3 is 0 Å². The standard InChI is InChI=1S/C37H39B4N3O6S/c1-36(38,48)49-29-17-14-25(20-30(29)50-37(39,40)41)18-19-43-32(45)22-31-34(47)44(28-9-5-8-27(21-28)33(42)46)35(51-31)26-15-12-24(13-16-26)11-10-23-6-3-2-4-7-23/h2-9,12-17,20-21,31,35,48H,18-19,22,38-41H2,1H3,(H2,42,46)(H,43,45)/t31-,35+,36?/m1/s1. The number of nitrogens with zero attached hydrogens (tertiary/aromatic N) is 1. The Kier molecular flexibility index (Phi) is 11.6. The van der Waals surface area contributed by atoms with Crippen molar-refractivity contribution in [3.05, 3.63) is 125 Å². The van der Waals surface area contributed by atoms with Gasteiger partial charge < -0.3 is 25.6 Å². The fraction of sp³-hybridized carbons (Fsp3) is 0.216. The maximum Gasteiger partial charge on any atom is 0.248 e. The van der Waals surface area contributed by atoms with Crippen molar-refractivity contribution in [3.63, 3.8) is 0 Å². The molecule has 1 heterocycles. The van der Waals surface area contributed by atoms with Crippen LogP contribution in [0.1, 0.15) is 51.3 Å². The highest BCUT2D eigenvalue weighted by molar-refractivity contribution is 8.01. The summed E-state index contributed by atoms with van der Waals surface area (Å²) in [6.45, 7) is 1.88. The second-order valence-electron chi connectivity index (χ2n) is 13.7. The zero-order chi connectivity index (χ0) is 36.8. The average Bonchev–Trinajstić information content (AvgIpc) is 3.39. The van der Waals surface area contributed by atoms with E-state index < -0.39 is 27.5 Å². The number of carbonyl (C=O) groups excluding carboxylic acids is 3. The van der Waals surface area contributed by atoms with E-state index in [1.54, 1.807) is 50.0 Å². The number of nitrogens with two attached hydrogens (primary N) is 1. The summed E-state index contributed by atoms with van der Waals surface area (Å²) in [6.07, 6.45) is 0.484. The SMILES string of the molecule is BC(B)(B)Oc1cc(CCNC(=O)C[C@H]2S[C@@H](c3ccc(C#Cc4ccccc4)cc3)N(c3cccc(C(N)=O)c3)C2=O)ccc1OC(B)(C)O. The Morgan fingerprint density at radius 3 is 2.24 bits per heavy atom. The highest BCUT2D eigenvalue weighted by Gasteiger charge is 2.43. The van der Waals surface area contributed by atoms with Crippen molar-refractivity contribution >= 4 is 66.6 Å². The molecule has 4 aromatic rings. The summed E-state index contributed by atoms with van der Waals surface area (Å²) in [5, 5.41) is 11.5. The van der Waals surface area contributed by atoms with Crippen molar-refractivity contribution in [1.29, 1.82) is 0 Å². The van der Waals surface area contributed by atoms with E-state index in [1.165, 1.54) is 11.8 Å². The molecular formula is C37H39B4N3O6S. The Labute approximate surface area is 306 Å². The van der Waals surface area contributed by atoms with Crippen LogP contribution < -0.4 is 25.4 Å². The molecule has 5 rings (SSSR count). The van der Waals surface area contributed by atoms with Gasteiger partial charge in [-0.15, -0.1) is 11.8 Å². The monoisotopic (exact) mass is 697 g/mol. The highest BCUT2D eigenvalue weighted by Crippen LogP contribution is 2.46. The number of primary amides is 1. The summed E-state index contributed by atoms with van der Waals surface area (Å²) in [4.78, 5) is 40.8. The van der Waals surface area contributed by atoms with Crippen LogP contribution in [0.4, 0.5) is 5.69 Å². The Bertz CT molecular complexity index is 1960. The van der Waals surface area contributed by atoms with Gasteiger partial charge in [-0.1, -0.05) is 54.3 Å².